The van der Waals surface area contributed by atoms with Gasteiger partial charge in [-0.15, -0.1) is 0 Å². The topological polar surface area (TPSA) is 88.9 Å². The lowest BCUT2D eigenvalue weighted by molar-refractivity contribution is -0.140. The third kappa shape index (κ3) is 6.93. The summed E-state index contributed by atoms with van der Waals surface area (Å²) in [6.07, 6.45) is 6.65. The van der Waals surface area contributed by atoms with E-state index < -0.39 is 11.8 Å². The Labute approximate surface area is 196 Å². The van der Waals surface area contributed by atoms with Crippen molar-refractivity contribution in [1.82, 2.24) is 4.90 Å². The molecule has 0 unspecified atom stereocenters. The van der Waals surface area contributed by atoms with Crippen LogP contribution in [0.1, 0.15) is 58.4 Å². The van der Waals surface area contributed by atoms with E-state index in [2.05, 4.69) is 6.92 Å². The Morgan fingerprint density at radius 2 is 1.82 bits per heavy atom. The van der Waals surface area contributed by atoms with Gasteiger partial charge < -0.3 is 14.2 Å². The minimum absolute atomic E-state index is 0.0174. The maximum absolute atomic E-state index is 13.1. The minimum Gasteiger partial charge on any atom is -0.493 e. The van der Waals surface area contributed by atoms with E-state index >= 15 is 0 Å². The van der Waals surface area contributed by atoms with Gasteiger partial charge in [0, 0.05) is 25.3 Å². The number of imide groups is 1. The number of unbranched alkanes of at least 4 members (excludes halogenated alkanes) is 3. The number of benzene rings is 1. The summed E-state index contributed by atoms with van der Waals surface area (Å²) in [5.74, 6) is 0.236. The Kier molecular flexibility index (Phi) is 10.6. The summed E-state index contributed by atoms with van der Waals surface area (Å²) < 4.78 is 16.7. The molecule has 0 bridgehead atoms. The van der Waals surface area contributed by atoms with Crippen LogP contribution in [0.4, 0.5) is 0 Å². The van der Waals surface area contributed by atoms with Crippen molar-refractivity contribution in [2.75, 3.05) is 33.5 Å². The largest absolute Gasteiger partial charge is 0.493 e. The number of hydrogen-bond donors (Lipinski definition) is 0. The van der Waals surface area contributed by atoms with Gasteiger partial charge in [-0.1, -0.05) is 32.3 Å². The summed E-state index contributed by atoms with van der Waals surface area (Å²) in [5, 5.41) is 9.53. The SMILES string of the molecule is CCCCCCOc1ccc(/C=C2/C(=O)N(CCCOCC)C(=O)C(C#N)=C2C)cc1OC. The molecule has 2 amide bonds. The molecule has 1 aromatic carbocycles. The number of nitrogens with zero attached hydrogens (tertiary/aromatic N) is 2. The van der Waals surface area contributed by atoms with Crippen LogP contribution in [-0.2, 0) is 14.3 Å². The quantitative estimate of drug-likeness (QED) is 0.244. The zero-order valence-corrected chi connectivity index (χ0v) is 20.1. The fourth-order valence-corrected chi connectivity index (χ4v) is 3.57. The highest BCUT2D eigenvalue weighted by molar-refractivity contribution is 6.19. The molecule has 33 heavy (non-hydrogen) atoms. The van der Waals surface area contributed by atoms with E-state index in [1.165, 1.54) is 12.8 Å². The summed E-state index contributed by atoms with van der Waals surface area (Å²) >= 11 is 0. The maximum atomic E-state index is 13.1. The van der Waals surface area contributed by atoms with Crippen molar-refractivity contribution < 1.29 is 23.8 Å². The Hall–Kier alpha value is -3.11. The number of carbonyl (C=O) groups excluding carboxylic acids is 2. The van der Waals surface area contributed by atoms with E-state index in [4.69, 9.17) is 14.2 Å². The molecule has 1 heterocycles. The van der Waals surface area contributed by atoms with Crippen LogP contribution in [0.25, 0.3) is 6.08 Å². The number of rotatable bonds is 13. The normalized spacial score (nSPS) is 15.2. The lowest BCUT2D eigenvalue weighted by Gasteiger charge is -2.27. The standard InChI is InChI=1S/C26H34N2O5/c1-5-7-8-9-15-33-23-12-11-20(17-24(23)31-4)16-21-19(3)22(18-27)26(30)28(25(21)29)13-10-14-32-6-2/h11-12,16-17H,5-10,13-15H2,1-4H3/b21-16+. The van der Waals surface area contributed by atoms with Crippen LogP contribution in [0, 0.1) is 11.3 Å². The van der Waals surface area contributed by atoms with Crippen molar-refractivity contribution >= 4 is 17.9 Å². The zero-order chi connectivity index (χ0) is 24.2. The molecule has 0 saturated carbocycles. The molecule has 1 aliphatic rings. The molecule has 0 N–H and O–H groups in total. The average Bonchev–Trinajstić information content (AvgIpc) is 2.82. The van der Waals surface area contributed by atoms with Gasteiger partial charge in [0.25, 0.3) is 11.8 Å². The third-order valence-corrected chi connectivity index (χ3v) is 5.45. The van der Waals surface area contributed by atoms with E-state index in [9.17, 15) is 14.9 Å². The first-order valence-electron chi connectivity index (χ1n) is 11.6. The fraction of sp³-hybridized carbons (Fsp3) is 0.500. The highest BCUT2D eigenvalue weighted by atomic mass is 16.5. The van der Waals surface area contributed by atoms with Gasteiger partial charge in [0.15, 0.2) is 11.5 Å². The molecule has 0 spiro atoms. The van der Waals surface area contributed by atoms with Crippen molar-refractivity contribution in [3.05, 3.63) is 40.5 Å². The first kappa shape index (κ1) is 26.1. The number of hydrogen-bond acceptors (Lipinski definition) is 6. The van der Waals surface area contributed by atoms with Crippen LogP contribution >= 0.6 is 0 Å². The number of methoxy groups -OCH3 is 1. The third-order valence-electron chi connectivity index (χ3n) is 5.45. The van der Waals surface area contributed by atoms with E-state index in [0.29, 0.717) is 54.5 Å². The van der Waals surface area contributed by atoms with Gasteiger partial charge in [-0.05, 0) is 56.0 Å². The number of carbonyl (C=O) groups is 2. The molecular weight excluding hydrogens is 420 g/mol. The van der Waals surface area contributed by atoms with E-state index in [0.717, 1.165) is 17.7 Å². The first-order valence-corrected chi connectivity index (χ1v) is 11.6. The molecule has 2 rings (SSSR count). The first-order chi connectivity index (χ1) is 16.0. The molecule has 0 aliphatic carbocycles. The summed E-state index contributed by atoms with van der Waals surface area (Å²) in [4.78, 5) is 26.9. The Morgan fingerprint density at radius 1 is 1.03 bits per heavy atom. The van der Waals surface area contributed by atoms with Gasteiger partial charge in [-0.2, -0.15) is 5.26 Å². The molecular formula is C26H34N2O5. The Bertz CT molecular complexity index is 942. The van der Waals surface area contributed by atoms with Crippen molar-refractivity contribution in [2.24, 2.45) is 0 Å². The van der Waals surface area contributed by atoms with Gasteiger partial charge in [0.2, 0.25) is 0 Å². The van der Waals surface area contributed by atoms with E-state index in [1.807, 2.05) is 25.1 Å². The summed E-state index contributed by atoms with van der Waals surface area (Å²) in [7, 11) is 1.57. The van der Waals surface area contributed by atoms with Crippen molar-refractivity contribution in [3.8, 4) is 17.6 Å². The molecule has 178 valence electrons. The highest BCUT2D eigenvalue weighted by Gasteiger charge is 2.35. The highest BCUT2D eigenvalue weighted by Crippen LogP contribution is 2.32. The summed E-state index contributed by atoms with van der Waals surface area (Å²) in [5.41, 5.74) is 1.40. The van der Waals surface area contributed by atoms with Gasteiger partial charge in [0.1, 0.15) is 11.6 Å². The van der Waals surface area contributed by atoms with Crippen LogP contribution < -0.4 is 9.47 Å². The summed E-state index contributed by atoms with van der Waals surface area (Å²) in [6, 6.07) is 7.39. The molecule has 0 atom stereocenters. The number of ether oxygens (including phenoxy) is 3. The van der Waals surface area contributed by atoms with Crippen molar-refractivity contribution in [2.45, 2.75) is 52.9 Å². The average molecular weight is 455 g/mol. The summed E-state index contributed by atoms with van der Waals surface area (Å²) in [6.45, 7) is 7.49. The lowest BCUT2D eigenvalue weighted by Crippen LogP contribution is -2.43. The second-order valence-electron chi connectivity index (χ2n) is 7.80. The Morgan fingerprint density at radius 3 is 2.48 bits per heavy atom. The predicted molar refractivity (Wildman–Crippen MR) is 127 cm³/mol. The number of amides is 2. The van der Waals surface area contributed by atoms with Crippen LogP contribution in [0.5, 0.6) is 11.5 Å². The maximum Gasteiger partial charge on any atom is 0.271 e. The predicted octanol–water partition coefficient (Wildman–Crippen LogP) is 4.67. The van der Waals surface area contributed by atoms with Gasteiger partial charge in [-0.3, -0.25) is 14.5 Å². The molecule has 0 fully saturated rings. The minimum atomic E-state index is -0.557. The van der Waals surface area contributed by atoms with Crippen LogP contribution in [0.15, 0.2) is 34.9 Å². The lowest BCUT2D eigenvalue weighted by atomic mass is 9.93. The molecule has 7 nitrogen and oxygen atoms in total. The molecule has 0 saturated heterocycles. The zero-order valence-electron chi connectivity index (χ0n) is 20.1. The van der Waals surface area contributed by atoms with Crippen molar-refractivity contribution in [1.29, 1.82) is 5.26 Å². The molecule has 1 aromatic rings. The molecule has 0 aromatic heterocycles. The molecule has 0 radical (unpaired) electrons. The van der Waals surface area contributed by atoms with Crippen LogP contribution in [-0.4, -0.2) is 50.2 Å². The second-order valence-corrected chi connectivity index (χ2v) is 7.80. The smallest absolute Gasteiger partial charge is 0.271 e. The number of nitriles is 1. The van der Waals surface area contributed by atoms with Crippen LogP contribution in [0.3, 0.4) is 0 Å². The monoisotopic (exact) mass is 454 g/mol. The van der Waals surface area contributed by atoms with Crippen LogP contribution in [0.2, 0.25) is 0 Å². The Balaban J connectivity index is 2.27. The van der Waals surface area contributed by atoms with E-state index in [1.54, 1.807) is 26.2 Å². The van der Waals surface area contributed by atoms with Gasteiger partial charge >= 0.3 is 0 Å². The fourth-order valence-electron chi connectivity index (χ4n) is 3.57. The van der Waals surface area contributed by atoms with Gasteiger partial charge in [0.05, 0.1) is 13.7 Å². The molecule has 7 heteroatoms. The van der Waals surface area contributed by atoms with Gasteiger partial charge in [-0.25, -0.2) is 0 Å². The van der Waals surface area contributed by atoms with E-state index in [-0.39, 0.29) is 12.1 Å². The van der Waals surface area contributed by atoms with Crippen molar-refractivity contribution in [3.63, 3.8) is 0 Å². The molecule has 1 aliphatic heterocycles. The second kappa shape index (κ2) is 13.4.